The summed E-state index contributed by atoms with van der Waals surface area (Å²) in [5, 5.41) is 2.78. The van der Waals surface area contributed by atoms with Crippen molar-refractivity contribution in [1.29, 1.82) is 0 Å². The smallest absolute Gasteiger partial charge is 0.387 e. The SMILES string of the molecule is CC(NC(=O)c1coc(CN)c1)c1ccc(OC(F)F)cc1.Cl. The van der Waals surface area contributed by atoms with E-state index in [0.717, 1.165) is 5.56 Å². The Morgan fingerprint density at radius 2 is 2.00 bits per heavy atom. The van der Waals surface area contributed by atoms with E-state index in [2.05, 4.69) is 10.1 Å². The van der Waals surface area contributed by atoms with Gasteiger partial charge in [-0.2, -0.15) is 8.78 Å². The molecule has 1 aromatic heterocycles. The number of nitrogens with two attached hydrogens (primary N) is 1. The van der Waals surface area contributed by atoms with Gasteiger partial charge in [0.2, 0.25) is 0 Å². The third-order valence-corrected chi connectivity index (χ3v) is 3.07. The Labute approximate surface area is 138 Å². The predicted molar refractivity (Wildman–Crippen MR) is 82.8 cm³/mol. The van der Waals surface area contributed by atoms with E-state index in [-0.39, 0.29) is 36.7 Å². The lowest BCUT2D eigenvalue weighted by molar-refractivity contribution is -0.0498. The third kappa shape index (κ3) is 5.22. The standard InChI is InChI=1S/C15H16F2N2O3.ClH/c1-9(10-2-4-12(5-3-10)22-15(16)17)19-14(20)11-6-13(7-18)21-8-11;/h2-6,8-9,15H,7,18H2,1H3,(H,19,20);1H. The van der Waals surface area contributed by atoms with Gasteiger partial charge in [-0.15, -0.1) is 12.4 Å². The Kier molecular flexibility index (Phi) is 6.99. The van der Waals surface area contributed by atoms with E-state index in [1.807, 2.05) is 0 Å². The van der Waals surface area contributed by atoms with E-state index in [4.69, 9.17) is 10.2 Å². The van der Waals surface area contributed by atoms with Crippen LogP contribution in [0.15, 0.2) is 41.0 Å². The van der Waals surface area contributed by atoms with Crippen LogP contribution in [0.25, 0.3) is 0 Å². The summed E-state index contributed by atoms with van der Waals surface area (Å²) in [6.45, 7) is -0.861. The zero-order valence-electron chi connectivity index (χ0n) is 12.3. The average Bonchev–Trinajstić information content (AvgIpc) is 2.96. The molecule has 1 aromatic carbocycles. The first-order chi connectivity index (χ1) is 10.5. The number of halogens is 3. The van der Waals surface area contributed by atoms with Gasteiger partial charge in [-0.25, -0.2) is 0 Å². The van der Waals surface area contributed by atoms with Crippen molar-refractivity contribution in [3.05, 3.63) is 53.5 Å². The van der Waals surface area contributed by atoms with Gasteiger partial charge in [-0.05, 0) is 30.7 Å². The van der Waals surface area contributed by atoms with E-state index < -0.39 is 6.61 Å². The van der Waals surface area contributed by atoms with Crippen LogP contribution in [0.4, 0.5) is 8.78 Å². The largest absolute Gasteiger partial charge is 0.467 e. The maximum atomic E-state index is 12.1. The topological polar surface area (TPSA) is 77.5 Å². The summed E-state index contributed by atoms with van der Waals surface area (Å²) in [6.07, 6.45) is 1.34. The van der Waals surface area contributed by atoms with Crippen LogP contribution >= 0.6 is 12.4 Å². The molecule has 0 saturated heterocycles. The molecule has 0 fully saturated rings. The molecule has 0 aliphatic rings. The average molecular weight is 347 g/mol. The van der Waals surface area contributed by atoms with E-state index in [9.17, 15) is 13.6 Å². The first kappa shape index (κ1) is 18.9. The number of benzene rings is 1. The molecule has 126 valence electrons. The molecule has 0 saturated carbocycles. The lowest BCUT2D eigenvalue weighted by Crippen LogP contribution is -2.26. The van der Waals surface area contributed by atoms with Crippen LogP contribution in [0.5, 0.6) is 5.75 Å². The highest BCUT2D eigenvalue weighted by atomic mass is 35.5. The molecule has 1 amide bonds. The Morgan fingerprint density at radius 1 is 1.35 bits per heavy atom. The number of hydrogen-bond acceptors (Lipinski definition) is 4. The number of ether oxygens (including phenoxy) is 1. The van der Waals surface area contributed by atoms with Crippen LogP contribution in [0, 0.1) is 0 Å². The predicted octanol–water partition coefficient (Wildman–Crippen LogP) is 3.25. The number of hydrogen-bond donors (Lipinski definition) is 2. The van der Waals surface area contributed by atoms with Crippen molar-refractivity contribution in [3.8, 4) is 5.75 Å². The van der Waals surface area contributed by atoms with E-state index >= 15 is 0 Å². The van der Waals surface area contributed by atoms with Gasteiger partial charge in [0.05, 0.1) is 18.2 Å². The normalized spacial score (nSPS) is 11.7. The van der Waals surface area contributed by atoms with E-state index in [1.54, 1.807) is 25.1 Å². The Morgan fingerprint density at radius 3 is 2.52 bits per heavy atom. The van der Waals surface area contributed by atoms with Gasteiger partial charge in [0.15, 0.2) is 0 Å². The van der Waals surface area contributed by atoms with Crippen molar-refractivity contribution in [1.82, 2.24) is 5.32 Å². The fourth-order valence-corrected chi connectivity index (χ4v) is 1.91. The summed E-state index contributed by atoms with van der Waals surface area (Å²) in [7, 11) is 0. The molecule has 5 nitrogen and oxygen atoms in total. The minimum Gasteiger partial charge on any atom is -0.467 e. The first-order valence-electron chi connectivity index (χ1n) is 6.62. The van der Waals surface area contributed by atoms with Gasteiger partial charge in [-0.3, -0.25) is 4.79 Å². The molecule has 3 N–H and O–H groups in total. The second-order valence-electron chi connectivity index (χ2n) is 4.65. The molecular formula is C15H17ClF2N2O3. The van der Waals surface area contributed by atoms with E-state index in [0.29, 0.717) is 11.3 Å². The van der Waals surface area contributed by atoms with Gasteiger partial charge >= 0.3 is 6.61 Å². The van der Waals surface area contributed by atoms with Gasteiger partial charge in [0.1, 0.15) is 17.8 Å². The fourth-order valence-electron chi connectivity index (χ4n) is 1.91. The second-order valence-corrected chi connectivity index (χ2v) is 4.65. The molecular weight excluding hydrogens is 330 g/mol. The summed E-state index contributed by atoms with van der Waals surface area (Å²) in [4.78, 5) is 12.0. The molecule has 1 heterocycles. The summed E-state index contributed by atoms with van der Waals surface area (Å²) < 4.78 is 33.5. The van der Waals surface area contributed by atoms with Crippen molar-refractivity contribution in [2.24, 2.45) is 5.73 Å². The highest BCUT2D eigenvalue weighted by Gasteiger charge is 2.14. The van der Waals surface area contributed by atoms with Crippen molar-refractivity contribution in [3.63, 3.8) is 0 Å². The maximum Gasteiger partial charge on any atom is 0.387 e. The number of rotatable bonds is 6. The molecule has 0 spiro atoms. The number of amides is 1. The van der Waals surface area contributed by atoms with Crippen LogP contribution < -0.4 is 15.8 Å². The molecule has 0 bridgehead atoms. The fraction of sp³-hybridized carbons (Fsp3) is 0.267. The summed E-state index contributed by atoms with van der Waals surface area (Å²) in [6, 6.07) is 7.35. The molecule has 2 rings (SSSR count). The number of carbonyl (C=O) groups is 1. The molecule has 0 aliphatic heterocycles. The van der Waals surface area contributed by atoms with Gasteiger partial charge in [0.25, 0.3) is 5.91 Å². The van der Waals surface area contributed by atoms with Crippen LogP contribution in [-0.2, 0) is 6.54 Å². The van der Waals surface area contributed by atoms with Crippen LogP contribution in [0.2, 0.25) is 0 Å². The summed E-state index contributed by atoms with van der Waals surface area (Å²) in [5.41, 5.74) is 6.55. The minimum absolute atomic E-state index is 0. The number of carbonyl (C=O) groups excluding carboxylic acids is 1. The quantitative estimate of drug-likeness (QED) is 0.841. The van der Waals surface area contributed by atoms with Crippen molar-refractivity contribution < 1.29 is 22.7 Å². The Bertz CT molecular complexity index is 632. The van der Waals surface area contributed by atoms with Gasteiger partial charge in [0, 0.05) is 0 Å². The molecule has 1 unspecified atom stereocenters. The molecule has 0 radical (unpaired) electrons. The molecule has 1 atom stereocenters. The van der Waals surface area contributed by atoms with Gasteiger partial charge < -0.3 is 20.2 Å². The highest BCUT2D eigenvalue weighted by Crippen LogP contribution is 2.19. The van der Waals surface area contributed by atoms with Gasteiger partial charge in [-0.1, -0.05) is 12.1 Å². The Balaban J connectivity index is 0.00000264. The van der Waals surface area contributed by atoms with Crippen molar-refractivity contribution >= 4 is 18.3 Å². The molecule has 23 heavy (non-hydrogen) atoms. The number of furan rings is 1. The highest BCUT2D eigenvalue weighted by molar-refractivity contribution is 5.94. The summed E-state index contributed by atoms with van der Waals surface area (Å²) in [5.74, 6) is 0.287. The van der Waals surface area contributed by atoms with Crippen molar-refractivity contribution in [2.45, 2.75) is 26.1 Å². The zero-order chi connectivity index (χ0) is 16.1. The Hall–Kier alpha value is -2.12. The zero-order valence-corrected chi connectivity index (χ0v) is 13.1. The van der Waals surface area contributed by atoms with Crippen LogP contribution in [0.1, 0.15) is 34.6 Å². The monoisotopic (exact) mass is 346 g/mol. The number of alkyl halides is 2. The molecule has 0 aliphatic carbocycles. The minimum atomic E-state index is -2.86. The number of nitrogens with one attached hydrogen (secondary N) is 1. The van der Waals surface area contributed by atoms with Crippen molar-refractivity contribution in [2.75, 3.05) is 0 Å². The van der Waals surface area contributed by atoms with Crippen LogP contribution in [0.3, 0.4) is 0 Å². The molecule has 2 aromatic rings. The van der Waals surface area contributed by atoms with E-state index in [1.165, 1.54) is 18.4 Å². The first-order valence-corrected chi connectivity index (χ1v) is 6.62. The lowest BCUT2D eigenvalue weighted by atomic mass is 10.1. The molecule has 8 heteroatoms. The van der Waals surface area contributed by atoms with Crippen LogP contribution in [-0.4, -0.2) is 12.5 Å². The lowest BCUT2D eigenvalue weighted by Gasteiger charge is -2.14. The second kappa shape index (κ2) is 8.50. The summed E-state index contributed by atoms with van der Waals surface area (Å²) >= 11 is 0. The third-order valence-electron chi connectivity index (χ3n) is 3.07. The maximum absolute atomic E-state index is 12.1.